The lowest BCUT2D eigenvalue weighted by Crippen LogP contribution is -2.50. The molecule has 0 atom stereocenters. The summed E-state index contributed by atoms with van der Waals surface area (Å²) >= 11 is 5.96. The molecule has 0 saturated carbocycles. The molecular formula is C22H28ClN3O2. The van der Waals surface area contributed by atoms with E-state index in [2.05, 4.69) is 24.1 Å². The first-order valence-electron chi connectivity index (χ1n) is 9.72. The van der Waals surface area contributed by atoms with E-state index in [1.165, 1.54) is 0 Å². The minimum atomic E-state index is 0.0559. The predicted molar refractivity (Wildman–Crippen MR) is 113 cm³/mol. The zero-order valence-electron chi connectivity index (χ0n) is 16.7. The molecule has 2 aromatic carbocycles. The summed E-state index contributed by atoms with van der Waals surface area (Å²) in [6.45, 7) is 8.37. The first kappa shape index (κ1) is 20.6. The van der Waals surface area contributed by atoms with E-state index in [1.807, 2.05) is 42.3 Å². The van der Waals surface area contributed by atoms with Gasteiger partial charge in [0.15, 0.2) is 0 Å². The third-order valence-corrected chi connectivity index (χ3v) is 5.31. The number of ether oxygens (including phenoxy) is 1. The number of hydrogen-bond donors (Lipinski definition) is 1. The molecular weight excluding hydrogens is 374 g/mol. The second kappa shape index (κ2) is 9.41. The molecule has 0 radical (unpaired) electrons. The number of rotatable bonds is 6. The smallest absolute Gasteiger partial charge is 0.254 e. The van der Waals surface area contributed by atoms with Crippen LogP contribution >= 0.6 is 11.6 Å². The summed E-state index contributed by atoms with van der Waals surface area (Å²) in [6, 6.07) is 13.4. The first-order chi connectivity index (χ1) is 13.5. The van der Waals surface area contributed by atoms with Crippen LogP contribution in [0.25, 0.3) is 0 Å². The highest BCUT2D eigenvalue weighted by atomic mass is 35.5. The van der Waals surface area contributed by atoms with Crippen molar-refractivity contribution in [2.75, 3.05) is 33.2 Å². The second-order valence-corrected chi connectivity index (χ2v) is 7.77. The van der Waals surface area contributed by atoms with Gasteiger partial charge in [0.25, 0.3) is 5.91 Å². The van der Waals surface area contributed by atoms with Gasteiger partial charge in [0, 0.05) is 54.9 Å². The van der Waals surface area contributed by atoms with E-state index in [0.717, 1.165) is 31.7 Å². The van der Waals surface area contributed by atoms with Crippen LogP contribution in [0.4, 0.5) is 0 Å². The van der Waals surface area contributed by atoms with E-state index in [9.17, 15) is 4.79 Å². The van der Waals surface area contributed by atoms with Gasteiger partial charge in [-0.25, -0.2) is 0 Å². The number of nitrogens with one attached hydrogen (secondary N) is 1. The topological polar surface area (TPSA) is 44.8 Å². The highest BCUT2D eigenvalue weighted by Gasteiger charge is 2.24. The summed E-state index contributed by atoms with van der Waals surface area (Å²) in [5, 5.41) is 3.80. The third-order valence-electron chi connectivity index (χ3n) is 5.05. The van der Waals surface area contributed by atoms with Crippen molar-refractivity contribution >= 4 is 17.5 Å². The van der Waals surface area contributed by atoms with Gasteiger partial charge in [-0.05, 0) is 57.3 Å². The Balaban J connectivity index is 1.78. The van der Waals surface area contributed by atoms with Gasteiger partial charge in [-0.15, -0.1) is 0 Å². The number of benzene rings is 2. The Bertz CT molecular complexity index is 800. The van der Waals surface area contributed by atoms with E-state index in [-0.39, 0.29) is 5.91 Å². The van der Waals surface area contributed by atoms with Crippen LogP contribution in [0, 0.1) is 0 Å². The number of halogens is 1. The maximum atomic E-state index is 13.0. The molecule has 6 heteroatoms. The molecule has 0 bridgehead atoms. The zero-order chi connectivity index (χ0) is 20.1. The fourth-order valence-corrected chi connectivity index (χ4v) is 3.50. The molecule has 2 aromatic rings. The number of piperazine rings is 1. The molecule has 3 rings (SSSR count). The van der Waals surface area contributed by atoms with Crippen LogP contribution < -0.4 is 10.1 Å². The lowest BCUT2D eigenvalue weighted by atomic mass is 10.1. The summed E-state index contributed by atoms with van der Waals surface area (Å²) in [6.07, 6.45) is 0. The molecule has 28 heavy (non-hydrogen) atoms. The summed E-state index contributed by atoms with van der Waals surface area (Å²) in [4.78, 5) is 17.3. The normalized spacial score (nSPS) is 15.1. The molecule has 1 fully saturated rings. The van der Waals surface area contributed by atoms with E-state index in [0.29, 0.717) is 34.7 Å². The maximum Gasteiger partial charge on any atom is 0.254 e. The zero-order valence-corrected chi connectivity index (χ0v) is 17.5. The number of carbonyl (C=O) groups excluding carboxylic acids is 1. The molecule has 0 aromatic heterocycles. The molecule has 150 valence electrons. The van der Waals surface area contributed by atoms with Crippen molar-refractivity contribution in [2.45, 2.75) is 26.4 Å². The molecule has 1 saturated heterocycles. The van der Waals surface area contributed by atoms with Crippen molar-refractivity contribution in [1.29, 1.82) is 0 Å². The van der Waals surface area contributed by atoms with E-state index in [4.69, 9.17) is 16.3 Å². The van der Waals surface area contributed by atoms with Crippen molar-refractivity contribution in [3.8, 4) is 11.5 Å². The van der Waals surface area contributed by atoms with Crippen molar-refractivity contribution in [2.24, 2.45) is 0 Å². The van der Waals surface area contributed by atoms with Crippen LogP contribution in [0.2, 0.25) is 5.02 Å². The quantitative estimate of drug-likeness (QED) is 0.794. The fraction of sp³-hybridized carbons (Fsp3) is 0.409. The third kappa shape index (κ3) is 5.04. The van der Waals surface area contributed by atoms with Crippen LogP contribution in [0.15, 0.2) is 42.5 Å². The Morgan fingerprint density at radius 1 is 1.11 bits per heavy atom. The number of nitrogens with zero attached hydrogens (tertiary/aromatic N) is 2. The second-order valence-electron chi connectivity index (χ2n) is 7.33. The van der Waals surface area contributed by atoms with Crippen molar-refractivity contribution in [3.05, 3.63) is 58.6 Å². The van der Waals surface area contributed by atoms with Gasteiger partial charge in [-0.3, -0.25) is 9.69 Å². The molecule has 0 spiro atoms. The lowest BCUT2D eigenvalue weighted by molar-refractivity contribution is 0.0595. The van der Waals surface area contributed by atoms with Crippen LogP contribution in [0.3, 0.4) is 0 Å². The Kier molecular flexibility index (Phi) is 6.94. The van der Waals surface area contributed by atoms with Gasteiger partial charge in [0.2, 0.25) is 0 Å². The van der Waals surface area contributed by atoms with Crippen molar-refractivity contribution in [1.82, 2.24) is 15.1 Å². The van der Waals surface area contributed by atoms with E-state index < -0.39 is 0 Å². The van der Waals surface area contributed by atoms with E-state index in [1.54, 1.807) is 12.1 Å². The summed E-state index contributed by atoms with van der Waals surface area (Å²) in [7, 11) is 1.89. The molecule has 1 aliphatic rings. The molecule has 1 N–H and O–H groups in total. The minimum Gasteiger partial charge on any atom is -0.457 e. The molecule has 1 heterocycles. The average Bonchev–Trinajstić information content (AvgIpc) is 2.70. The Labute approximate surface area is 172 Å². The van der Waals surface area contributed by atoms with Crippen LogP contribution in [-0.4, -0.2) is 55.0 Å². The van der Waals surface area contributed by atoms with E-state index >= 15 is 0 Å². The van der Waals surface area contributed by atoms with Crippen molar-refractivity contribution in [3.63, 3.8) is 0 Å². The summed E-state index contributed by atoms with van der Waals surface area (Å²) < 4.78 is 6.07. The average molecular weight is 402 g/mol. The van der Waals surface area contributed by atoms with Gasteiger partial charge in [0.05, 0.1) is 0 Å². The molecule has 1 amide bonds. The standard InChI is InChI=1S/C22H28ClN3O2/c1-16(2)25-10-12-26(13-11-25)22(27)17-4-5-18(15-24-3)21(14-17)28-20-8-6-19(23)7-9-20/h4-9,14,16,24H,10-13,15H2,1-3H3. The van der Waals surface area contributed by atoms with Crippen LogP contribution in [0.5, 0.6) is 11.5 Å². The molecule has 5 nitrogen and oxygen atoms in total. The largest absolute Gasteiger partial charge is 0.457 e. The molecule has 0 aliphatic carbocycles. The first-order valence-corrected chi connectivity index (χ1v) is 10.1. The van der Waals surface area contributed by atoms with Gasteiger partial charge >= 0.3 is 0 Å². The van der Waals surface area contributed by atoms with Gasteiger partial charge in [-0.2, -0.15) is 0 Å². The summed E-state index contributed by atoms with van der Waals surface area (Å²) in [5.74, 6) is 1.43. The number of hydrogen-bond acceptors (Lipinski definition) is 4. The lowest BCUT2D eigenvalue weighted by Gasteiger charge is -2.37. The Morgan fingerprint density at radius 3 is 2.39 bits per heavy atom. The SMILES string of the molecule is CNCc1ccc(C(=O)N2CCN(C(C)C)CC2)cc1Oc1ccc(Cl)cc1. The van der Waals surface area contributed by atoms with Crippen LogP contribution in [0.1, 0.15) is 29.8 Å². The Morgan fingerprint density at radius 2 is 1.79 bits per heavy atom. The highest BCUT2D eigenvalue weighted by Crippen LogP contribution is 2.28. The van der Waals surface area contributed by atoms with Gasteiger partial charge in [-0.1, -0.05) is 17.7 Å². The molecule has 0 unspecified atom stereocenters. The Hall–Kier alpha value is -2.08. The fourth-order valence-electron chi connectivity index (χ4n) is 3.37. The van der Waals surface area contributed by atoms with Crippen molar-refractivity contribution < 1.29 is 9.53 Å². The van der Waals surface area contributed by atoms with Crippen LogP contribution in [-0.2, 0) is 6.54 Å². The monoisotopic (exact) mass is 401 g/mol. The number of carbonyl (C=O) groups is 1. The van der Waals surface area contributed by atoms with Gasteiger partial charge < -0.3 is 15.0 Å². The number of amides is 1. The summed E-state index contributed by atoms with van der Waals surface area (Å²) in [5.41, 5.74) is 1.65. The van der Waals surface area contributed by atoms with Gasteiger partial charge in [0.1, 0.15) is 11.5 Å². The predicted octanol–water partition coefficient (Wildman–Crippen LogP) is 4.02. The highest BCUT2D eigenvalue weighted by molar-refractivity contribution is 6.30. The minimum absolute atomic E-state index is 0.0559. The maximum absolute atomic E-state index is 13.0. The molecule has 1 aliphatic heterocycles.